The van der Waals surface area contributed by atoms with Crippen LogP contribution in [-0.4, -0.2) is 37.0 Å². The molecule has 0 radical (unpaired) electrons. The van der Waals surface area contributed by atoms with Gasteiger partial charge in [-0.15, -0.1) is 0 Å². The highest BCUT2D eigenvalue weighted by Gasteiger charge is 2.14. The summed E-state index contributed by atoms with van der Waals surface area (Å²) in [6.45, 7) is 0.359. The molecule has 5 nitrogen and oxygen atoms in total. The van der Waals surface area contributed by atoms with Crippen molar-refractivity contribution in [2.75, 3.05) is 21.1 Å². The van der Waals surface area contributed by atoms with Crippen LogP contribution in [0.5, 0.6) is 0 Å². The lowest BCUT2D eigenvalue weighted by atomic mass is 10.0. The quantitative estimate of drug-likeness (QED) is 0.626. The van der Waals surface area contributed by atoms with E-state index < -0.39 is 11.4 Å². The SMILES string of the molecule is CN(C)C(=O)N(C)Cc1ccc2c(-c3ccc(F)cc3Cl)cc(=O)oc2c1. The first-order chi connectivity index (χ1) is 12.8. The van der Waals surface area contributed by atoms with Gasteiger partial charge in [0.15, 0.2) is 0 Å². The zero-order valence-electron chi connectivity index (χ0n) is 15.1. The molecule has 0 N–H and O–H groups in total. The maximum atomic E-state index is 13.4. The fraction of sp³-hybridized carbons (Fsp3) is 0.200. The number of amides is 2. The first kappa shape index (κ1) is 18.9. The largest absolute Gasteiger partial charge is 0.423 e. The minimum absolute atomic E-state index is 0.136. The van der Waals surface area contributed by atoms with E-state index in [-0.39, 0.29) is 11.1 Å². The van der Waals surface area contributed by atoms with Crippen LogP contribution in [0.15, 0.2) is 51.7 Å². The van der Waals surface area contributed by atoms with Crippen molar-refractivity contribution < 1.29 is 13.6 Å². The van der Waals surface area contributed by atoms with Gasteiger partial charge in [0.2, 0.25) is 0 Å². The molecule has 2 amide bonds. The van der Waals surface area contributed by atoms with E-state index in [0.717, 1.165) is 5.56 Å². The molecule has 2 aromatic carbocycles. The van der Waals surface area contributed by atoms with Crippen LogP contribution in [-0.2, 0) is 6.54 Å². The Morgan fingerprint density at radius 3 is 2.48 bits per heavy atom. The molecule has 0 bridgehead atoms. The Labute approximate surface area is 160 Å². The molecule has 3 aromatic rings. The lowest BCUT2D eigenvalue weighted by molar-refractivity contribution is 0.180. The van der Waals surface area contributed by atoms with Crippen molar-refractivity contribution in [2.45, 2.75) is 6.54 Å². The van der Waals surface area contributed by atoms with Crippen LogP contribution in [0, 0.1) is 5.82 Å². The van der Waals surface area contributed by atoms with E-state index in [2.05, 4.69) is 0 Å². The summed E-state index contributed by atoms with van der Waals surface area (Å²) in [7, 11) is 5.05. The maximum absolute atomic E-state index is 13.4. The average molecular weight is 389 g/mol. The number of carbonyl (C=O) groups excluding carboxylic acids is 1. The van der Waals surface area contributed by atoms with E-state index >= 15 is 0 Å². The van der Waals surface area contributed by atoms with E-state index in [9.17, 15) is 14.0 Å². The van der Waals surface area contributed by atoms with E-state index in [1.54, 1.807) is 38.2 Å². The van der Waals surface area contributed by atoms with Crippen molar-refractivity contribution in [2.24, 2.45) is 0 Å². The number of urea groups is 1. The van der Waals surface area contributed by atoms with Crippen molar-refractivity contribution in [3.63, 3.8) is 0 Å². The van der Waals surface area contributed by atoms with Gasteiger partial charge in [-0.25, -0.2) is 14.0 Å². The number of carbonyl (C=O) groups is 1. The van der Waals surface area contributed by atoms with Crippen LogP contribution in [0.2, 0.25) is 5.02 Å². The molecule has 1 aromatic heterocycles. The van der Waals surface area contributed by atoms with Gasteiger partial charge in [-0.3, -0.25) is 0 Å². The Morgan fingerprint density at radius 1 is 1.07 bits per heavy atom. The molecule has 0 aliphatic carbocycles. The third-order valence-corrected chi connectivity index (χ3v) is 4.47. The van der Waals surface area contributed by atoms with E-state index in [1.165, 1.54) is 29.2 Å². The third-order valence-electron chi connectivity index (χ3n) is 4.16. The van der Waals surface area contributed by atoms with Gasteiger partial charge in [0.05, 0.1) is 5.02 Å². The maximum Gasteiger partial charge on any atom is 0.336 e. The molecule has 0 saturated carbocycles. The Bertz CT molecular complexity index is 1080. The van der Waals surface area contributed by atoms with Crippen LogP contribution < -0.4 is 5.63 Å². The number of hydrogen-bond acceptors (Lipinski definition) is 3. The summed E-state index contributed by atoms with van der Waals surface area (Å²) in [5.41, 5.74) is 1.76. The summed E-state index contributed by atoms with van der Waals surface area (Å²) in [5.74, 6) is -0.452. The molecule has 3 rings (SSSR count). The molecule has 27 heavy (non-hydrogen) atoms. The predicted molar refractivity (Wildman–Crippen MR) is 103 cm³/mol. The monoisotopic (exact) mass is 388 g/mol. The summed E-state index contributed by atoms with van der Waals surface area (Å²) in [6, 6.07) is 10.6. The molecule has 0 saturated heterocycles. The fourth-order valence-corrected chi connectivity index (χ4v) is 3.19. The summed E-state index contributed by atoms with van der Waals surface area (Å²) in [4.78, 5) is 27.1. The molecule has 0 spiro atoms. The normalized spacial score (nSPS) is 10.9. The van der Waals surface area contributed by atoms with Crippen molar-refractivity contribution in [3.05, 3.63) is 69.3 Å². The summed E-state index contributed by atoms with van der Waals surface area (Å²) in [6.07, 6.45) is 0. The Kier molecular flexibility index (Phi) is 5.19. The minimum atomic E-state index is -0.534. The molecule has 1 heterocycles. The molecule has 0 aliphatic heterocycles. The highest BCUT2D eigenvalue weighted by atomic mass is 35.5. The van der Waals surface area contributed by atoms with Gasteiger partial charge in [0.25, 0.3) is 0 Å². The van der Waals surface area contributed by atoms with Gasteiger partial charge in [0.1, 0.15) is 11.4 Å². The number of rotatable bonds is 3. The van der Waals surface area contributed by atoms with E-state index in [1.807, 2.05) is 6.07 Å². The second kappa shape index (κ2) is 7.40. The average Bonchev–Trinajstić information content (AvgIpc) is 2.60. The standard InChI is InChI=1S/C20H18ClFN2O3/c1-23(2)20(26)24(3)11-12-4-6-15-16(10-19(25)27-18(15)8-12)14-7-5-13(22)9-17(14)21/h4-10H,11H2,1-3H3. The van der Waals surface area contributed by atoms with E-state index in [4.69, 9.17) is 16.0 Å². The predicted octanol–water partition coefficient (Wildman–Crippen LogP) is 4.37. The third kappa shape index (κ3) is 3.95. The fourth-order valence-electron chi connectivity index (χ4n) is 2.92. The Morgan fingerprint density at radius 2 is 1.81 bits per heavy atom. The van der Waals surface area contributed by atoms with Gasteiger partial charge in [-0.2, -0.15) is 0 Å². The summed E-state index contributed by atoms with van der Waals surface area (Å²) >= 11 is 6.16. The molecular weight excluding hydrogens is 371 g/mol. The van der Waals surface area contributed by atoms with Crippen LogP contribution in [0.25, 0.3) is 22.1 Å². The molecule has 140 valence electrons. The second-order valence-electron chi connectivity index (χ2n) is 6.47. The highest BCUT2D eigenvalue weighted by Crippen LogP contribution is 2.33. The minimum Gasteiger partial charge on any atom is -0.423 e. The Hall–Kier alpha value is -2.86. The molecule has 0 fully saturated rings. The molecular formula is C20H18ClFN2O3. The molecule has 0 aliphatic rings. The number of nitrogens with zero attached hydrogens (tertiary/aromatic N) is 2. The summed E-state index contributed by atoms with van der Waals surface area (Å²) < 4.78 is 18.7. The Balaban J connectivity index is 2.06. The number of benzene rings is 2. The van der Waals surface area contributed by atoms with Gasteiger partial charge >= 0.3 is 11.7 Å². The molecule has 7 heteroatoms. The zero-order chi connectivity index (χ0) is 19.7. The topological polar surface area (TPSA) is 53.8 Å². The number of fused-ring (bicyclic) bond motifs is 1. The number of hydrogen-bond donors (Lipinski definition) is 0. The van der Waals surface area contributed by atoms with Crippen molar-refractivity contribution in [1.82, 2.24) is 9.80 Å². The van der Waals surface area contributed by atoms with Crippen molar-refractivity contribution >= 4 is 28.6 Å². The second-order valence-corrected chi connectivity index (χ2v) is 6.87. The summed E-state index contributed by atoms with van der Waals surface area (Å²) in [5, 5.41) is 0.885. The van der Waals surface area contributed by atoms with Crippen LogP contribution >= 0.6 is 11.6 Å². The number of halogens is 2. The lowest BCUT2D eigenvalue weighted by Crippen LogP contribution is -2.35. The molecule has 0 atom stereocenters. The van der Waals surface area contributed by atoms with Gasteiger partial charge in [-0.1, -0.05) is 23.7 Å². The molecule has 0 unspecified atom stereocenters. The zero-order valence-corrected chi connectivity index (χ0v) is 15.9. The van der Waals surface area contributed by atoms with E-state index in [0.29, 0.717) is 28.6 Å². The van der Waals surface area contributed by atoms with Crippen molar-refractivity contribution in [1.29, 1.82) is 0 Å². The van der Waals surface area contributed by atoms with Crippen molar-refractivity contribution in [3.8, 4) is 11.1 Å². The van der Waals surface area contributed by atoms with Gasteiger partial charge in [0, 0.05) is 50.3 Å². The first-order valence-corrected chi connectivity index (χ1v) is 8.58. The first-order valence-electron chi connectivity index (χ1n) is 8.21. The van der Waals surface area contributed by atoms with Crippen LogP contribution in [0.3, 0.4) is 0 Å². The van der Waals surface area contributed by atoms with Crippen LogP contribution in [0.1, 0.15) is 5.56 Å². The van der Waals surface area contributed by atoms with Gasteiger partial charge < -0.3 is 14.2 Å². The smallest absolute Gasteiger partial charge is 0.336 e. The van der Waals surface area contributed by atoms with Crippen LogP contribution in [0.4, 0.5) is 9.18 Å². The lowest BCUT2D eigenvalue weighted by Gasteiger charge is -2.21. The highest BCUT2D eigenvalue weighted by molar-refractivity contribution is 6.33. The van der Waals surface area contributed by atoms with Gasteiger partial charge in [-0.05, 0) is 29.8 Å².